The number of nitrogens with one attached hydrogen (secondary N) is 1. The molecule has 0 unspecified atom stereocenters. The minimum Gasteiger partial charge on any atom is -0.490 e. The highest BCUT2D eigenvalue weighted by Gasteiger charge is 2.22. The molecule has 1 aromatic rings. The molecule has 0 aromatic heterocycles. The molecule has 26 heavy (non-hydrogen) atoms. The second kappa shape index (κ2) is 14.1. The molecule has 2 rings (SSSR count). The van der Waals surface area contributed by atoms with Gasteiger partial charge in [-0.3, -0.25) is 4.99 Å². The Bertz CT molecular complexity index is 491. The zero-order valence-electron chi connectivity index (χ0n) is 16.2. The molecule has 1 aliphatic rings. The zero-order chi connectivity index (χ0) is 17.7. The lowest BCUT2D eigenvalue weighted by atomic mass is 10.1. The summed E-state index contributed by atoms with van der Waals surface area (Å²) in [4.78, 5) is 7.04. The Hall–Kier alpha value is -1.02. The van der Waals surface area contributed by atoms with Crippen LogP contribution in [0.1, 0.15) is 39.5 Å². The van der Waals surface area contributed by atoms with Crippen molar-refractivity contribution >= 4 is 29.9 Å². The molecule has 5 nitrogen and oxygen atoms in total. The molecular formula is C20H34IN3O2. The second-order valence-electron chi connectivity index (χ2n) is 6.32. The Morgan fingerprint density at radius 2 is 1.88 bits per heavy atom. The SMILES string of the molecule is CCCCOCCN=C(NCC)N1CCC(Oc2ccccc2)CC1.I. The lowest BCUT2D eigenvalue weighted by molar-refractivity contribution is 0.128. The summed E-state index contributed by atoms with van der Waals surface area (Å²) in [6.07, 6.45) is 4.63. The van der Waals surface area contributed by atoms with E-state index in [9.17, 15) is 0 Å². The summed E-state index contributed by atoms with van der Waals surface area (Å²) in [5.41, 5.74) is 0. The molecule has 1 saturated heterocycles. The number of nitrogens with zero attached hydrogens (tertiary/aromatic N) is 2. The highest BCUT2D eigenvalue weighted by atomic mass is 127. The van der Waals surface area contributed by atoms with E-state index in [4.69, 9.17) is 14.5 Å². The molecule has 1 N–H and O–H groups in total. The van der Waals surface area contributed by atoms with Crippen LogP contribution >= 0.6 is 24.0 Å². The number of ether oxygens (including phenoxy) is 2. The number of hydrogen-bond donors (Lipinski definition) is 1. The Morgan fingerprint density at radius 3 is 2.54 bits per heavy atom. The number of hydrogen-bond acceptors (Lipinski definition) is 3. The molecule has 0 saturated carbocycles. The third kappa shape index (κ3) is 8.58. The average Bonchev–Trinajstić information content (AvgIpc) is 2.65. The van der Waals surface area contributed by atoms with E-state index >= 15 is 0 Å². The Kier molecular flexibility index (Phi) is 12.5. The molecule has 0 amide bonds. The van der Waals surface area contributed by atoms with Crippen LogP contribution < -0.4 is 10.1 Å². The fourth-order valence-corrected chi connectivity index (χ4v) is 2.87. The van der Waals surface area contributed by atoms with Gasteiger partial charge in [0.05, 0.1) is 13.2 Å². The highest BCUT2D eigenvalue weighted by molar-refractivity contribution is 14.0. The fraction of sp³-hybridized carbons (Fsp3) is 0.650. The van der Waals surface area contributed by atoms with Gasteiger partial charge < -0.3 is 19.7 Å². The van der Waals surface area contributed by atoms with E-state index in [0.717, 1.165) is 57.2 Å². The zero-order valence-corrected chi connectivity index (χ0v) is 18.5. The van der Waals surface area contributed by atoms with Gasteiger partial charge in [0.25, 0.3) is 0 Å². The van der Waals surface area contributed by atoms with Gasteiger partial charge in [-0.25, -0.2) is 0 Å². The van der Waals surface area contributed by atoms with Gasteiger partial charge in [0.1, 0.15) is 11.9 Å². The van der Waals surface area contributed by atoms with Crippen LogP contribution in [0.5, 0.6) is 5.75 Å². The predicted octanol–water partition coefficient (Wildman–Crippen LogP) is 3.93. The van der Waals surface area contributed by atoms with E-state index in [1.807, 2.05) is 30.3 Å². The topological polar surface area (TPSA) is 46.1 Å². The Balaban J connectivity index is 0.00000338. The second-order valence-corrected chi connectivity index (χ2v) is 6.32. The van der Waals surface area contributed by atoms with Gasteiger partial charge >= 0.3 is 0 Å². The Morgan fingerprint density at radius 1 is 1.15 bits per heavy atom. The van der Waals surface area contributed by atoms with Crippen molar-refractivity contribution in [1.29, 1.82) is 0 Å². The van der Waals surface area contributed by atoms with Crippen molar-refractivity contribution in [2.45, 2.75) is 45.6 Å². The molecule has 0 bridgehead atoms. The molecule has 1 fully saturated rings. The van der Waals surface area contributed by atoms with Gasteiger partial charge in [-0.2, -0.15) is 0 Å². The van der Waals surface area contributed by atoms with Gasteiger partial charge in [0.15, 0.2) is 5.96 Å². The van der Waals surface area contributed by atoms with Crippen molar-refractivity contribution < 1.29 is 9.47 Å². The van der Waals surface area contributed by atoms with Crippen LogP contribution in [0, 0.1) is 0 Å². The number of rotatable bonds is 9. The molecule has 0 spiro atoms. The number of guanidine groups is 1. The summed E-state index contributed by atoms with van der Waals surface area (Å²) < 4.78 is 11.7. The summed E-state index contributed by atoms with van der Waals surface area (Å²) in [7, 11) is 0. The van der Waals surface area contributed by atoms with E-state index in [2.05, 4.69) is 24.1 Å². The highest BCUT2D eigenvalue weighted by Crippen LogP contribution is 2.18. The molecule has 0 atom stereocenters. The lowest BCUT2D eigenvalue weighted by Crippen LogP contribution is -2.47. The average molecular weight is 475 g/mol. The van der Waals surface area contributed by atoms with Gasteiger partial charge in [-0.1, -0.05) is 31.5 Å². The van der Waals surface area contributed by atoms with Crippen molar-refractivity contribution in [3.05, 3.63) is 30.3 Å². The number of likely N-dealkylation sites (tertiary alicyclic amines) is 1. The number of halogens is 1. The van der Waals surface area contributed by atoms with Gasteiger partial charge in [-0.15, -0.1) is 24.0 Å². The minimum atomic E-state index is 0. The van der Waals surface area contributed by atoms with Crippen molar-refractivity contribution in [2.24, 2.45) is 4.99 Å². The van der Waals surface area contributed by atoms with Crippen molar-refractivity contribution in [3.8, 4) is 5.75 Å². The monoisotopic (exact) mass is 475 g/mol. The van der Waals surface area contributed by atoms with E-state index < -0.39 is 0 Å². The molecule has 0 aliphatic carbocycles. The lowest BCUT2D eigenvalue weighted by Gasteiger charge is -2.34. The van der Waals surface area contributed by atoms with Crippen molar-refractivity contribution in [1.82, 2.24) is 10.2 Å². The quantitative estimate of drug-likeness (QED) is 0.255. The van der Waals surface area contributed by atoms with E-state index in [-0.39, 0.29) is 24.0 Å². The van der Waals surface area contributed by atoms with Crippen molar-refractivity contribution in [2.75, 3.05) is 39.4 Å². The van der Waals surface area contributed by atoms with Crippen LogP contribution in [0.25, 0.3) is 0 Å². The first-order chi connectivity index (χ1) is 12.3. The first-order valence-electron chi connectivity index (χ1n) is 9.66. The van der Waals surface area contributed by atoms with Gasteiger partial charge in [0, 0.05) is 39.1 Å². The minimum absolute atomic E-state index is 0. The molecule has 1 heterocycles. The normalized spacial score (nSPS) is 15.5. The smallest absolute Gasteiger partial charge is 0.193 e. The van der Waals surface area contributed by atoms with Crippen molar-refractivity contribution in [3.63, 3.8) is 0 Å². The van der Waals surface area contributed by atoms with E-state index in [1.54, 1.807) is 0 Å². The van der Waals surface area contributed by atoms with Crippen LogP contribution in [0.15, 0.2) is 35.3 Å². The third-order valence-corrected chi connectivity index (χ3v) is 4.26. The maximum atomic E-state index is 6.07. The van der Waals surface area contributed by atoms with Crippen LogP contribution in [0.2, 0.25) is 0 Å². The fourth-order valence-electron chi connectivity index (χ4n) is 2.87. The standard InChI is InChI=1S/C20H33N3O2.HI/c1-3-5-16-24-17-13-22-20(21-4-2)23-14-11-19(12-15-23)25-18-9-7-6-8-10-18;/h6-10,19H,3-5,11-17H2,1-2H3,(H,21,22);1H. The number of aliphatic imine (C=N–C) groups is 1. The van der Waals surface area contributed by atoms with Gasteiger partial charge in [0.2, 0.25) is 0 Å². The number of piperidine rings is 1. The van der Waals surface area contributed by atoms with Gasteiger partial charge in [-0.05, 0) is 25.5 Å². The third-order valence-electron chi connectivity index (χ3n) is 4.26. The van der Waals surface area contributed by atoms with E-state index in [0.29, 0.717) is 19.3 Å². The maximum Gasteiger partial charge on any atom is 0.193 e. The Labute approximate surface area is 175 Å². The summed E-state index contributed by atoms with van der Waals surface area (Å²) >= 11 is 0. The summed E-state index contributed by atoms with van der Waals surface area (Å²) in [6.45, 7) is 9.37. The van der Waals surface area contributed by atoms with E-state index in [1.165, 1.54) is 6.42 Å². The molecule has 6 heteroatoms. The van der Waals surface area contributed by atoms with Crippen LogP contribution in [0.4, 0.5) is 0 Å². The first-order valence-corrected chi connectivity index (χ1v) is 9.66. The maximum absolute atomic E-state index is 6.07. The molecule has 0 radical (unpaired) electrons. The number of para-hydroxylation sites is 1. The first kappa shape index (κ1) is 23.0. The molecule has 148 valence electrons. The summed E-state index contributed by atoms with van der Waals surface area (Å²) in [5, 5.41) is 3.40. The molecule has 1 aromatic carbocycles. The molecule has 1 aliphatic heterocycles. The predicted molar refractivity (Wildman–Crippen MR) is 119 cm³/mol. The largest absolute Gasteiger partial charge is 0.490 e. The summed E-state index contributed by atoms with van der Waals surface area (Å²) in [5.74, 6) is 1.96. The summed E-state index contributed by atoms with van der Waals surface area (Å²) in [6, 6.07) is 10.1. The number of benzene rings is 1. The number of unbranched alkanes of at least 4 members (excludes halogenated alkanes) is 1. The molecular weight excluding hydrogens is 441 g/mol. The van der Waals surface area contributed by atoms with Crippen LogP contribution in [0.3, 0.4) is 0 Å². The van der Waals surface area contributed by atoms with Crippen LogP contribution in [-0.2, 0) is 4.74 Å². The van der Waals surface area contributed by atoms with Crippen LogP contribution in [-0.4, -0.2) is 56.4 Å².